The van der Waals surface area contributed by atoms with Crippen LogP contribution >= 0.6 is 0 Å². The average molecular weight is 224 g/mol. The summed E-state index contributed by atoms with van der Waals surface area (Å²) in [5.41, 5.74) is 2.31. The molecule has 2 nitrogen and oxygen atoms in total. The van der Waals surface area contributed by atoms with Crippen LogP contribution < -0.4 is 0 Å². The summed E-state index contributed by atoms with van der Waals surface area (Å²) < 4.78 is 0. The van der Waals surface area contributed by atoms with Crippen LogP contribution in [0.1, 0.15) is 17.2 Å². The van der Waals surface area contributed by atoms with Crippen molar-refractivity contribution in [3.05, 3.63) is 47.5 Å². The molecule has 17 heavy (non-hydrogen) atoms. The van der Waals surface area contributed by atoms with Crippen LogP contribution in [-0.4, -0.2) is 19.0 Å². The molecule has 0 radical (unpaired) electrons. The fourth-order valence-corrected chi connectivity index (χ4v) is 2.04. The first-order chi connectivity index (χ1) is 8.11. The van der Waals surface area contributed by atoms with Crippen molar-refractivity contribution in [3.8, 4) is 6.07 Å². The second kappa shape index (κ2) is 4.57. The quantitative estimate of drug-likeness (QED) is 0.782. The van der Waals surface area contributed by atoms with E-state index in [9.17, 15) is 5.26 Å². The number of fused-ring (bicyclic) bond motifs is 1. The van der Waals surface area contributed by atoms with Gasteiger partial charge in [-0.3, -0.25) is 4.90 Å². The van der Waals surface area contributed by atoms with Gasteiger partial charge in [-0.05, 0) is 43.4 Å². The number of hydrogen-bond donors (Lipinski definition) is 0. The van der Waals surface area contributed by atoms with Gasteiger partial charge in [0.1, 0.15) is 6.04 Å². The van der Waals surface area contributed by atoms with E-state index in [-0.39, 0.29) is 6.04 Å². The molecular weight excluding hydrogens is 208 g/mol. The molecule has 0 saturated heterocycles. The van der Waals surface area contributed by atoms with Crippen molar-refractivity contribution in [1.82, 2.24) is 4.90 Å². The molecule has 0 amide bonds. The number of nitrogens with zero attached hydrogens (tertiary/aromatic N) is 2. The molecular formula is C15H16N2. The van der Waals surface area contributed by atoms with E-state index >= 15 is 0 Å². The molecule has 2 heteroatoms. The molecule has 1 unspecified atom stereocenters. The largest absolute Gasteiger partial charge is 0.291 e. The van der Waals surface area contributed by atoms with E-state index in [1.54, 1.807) is 0 Å². The average Bonchev–Trinajstić information content (AvgIpc) is 2.29. The first-order valence-electron chi connectivity index (χ1n) is 5.68. The monoisotopic (exact) mass is 224 g/mol. The predicted octanol–water partition coefficient (Wildman–Crippen LogP) is 3.27. The van der Waals surface area contributed by atoms with Crippen molar-refractivity contribution in [3.63, 3.8) is 0 Å². The molecule has 86 valence electrons. The minimum absolute atomic E-state index is 0.180. The second-order valence-electron chi connectivity index (χ2n) is 4.61. The van der Waals surface area contributed by atoms with Gasteiger partial charge in [0, 0.05) is 0 Å². The maximum absolute atomic E-state index is 9.17. The molecule has 2 rings (SSSR count). The highest BCUT2D eigenvalue weighted by atomic mass is 15.1. The van der Waals surface area contributed by atoms with E-state index in [1.165, 1.54) is 16.3 Å². The van der Waals surface area contributed by atoms with Gasteiger partial charge in [0.25, 0.3) is 0 Å². The zero-order valence-electron chi connectivity index (χ0n) is 10.4. The van der Waals surface area contributed by atoms with Gasteiger partial charge in [0.2, 0.25) is 0 Å². The Balaban J connectivity index is 2.52. The lowest BCUT2D eigenvalue weighted by atomic mass is 10.0. The van der Waals surface area contributed by atoms with E-state index in [0.29, 0.717) is 0 Å². The summed E-state index contributed by atoms with van der Waals surface area (Å²) in [6, 6.07) is 14.7. The van der Waals surface area contributed by atoms with Crippen molar-refractivity contribution in [2.24, 2.45) is 0 Å². The van der Waals surface area contributed by atoms with Crippen molar-refractivity contribution < 1.29 is 0 Å². The van der Waals surface area contributed by atoms with Crippen LogP contribution in [0.4, 0.5) is 0 Å². The molecule has 1 atom stereocenters. The second-order valence-corrected chi connectivity index (χ2v) is 4.61. The Morgan fingerprint density at radius 3 is 2.35 bits per heavy atom. The molecule has 0 aliphatic heterocycles. The van der Waals surface area contributed by atoms with E-state index in [4.69, 9.17) is 0 Å². The van der Waals surface area contributed by atoms with Gasteiger partial charge in [-0.2, -0.15) is 5.26 Å². The molecule has 0 heterocycles. The van der Waals surface area contributed by atoms with E-state index in [1.807, 2.05) is 25.1 Å². The molecule has 0 aromatic heterocycles. The van der Waals surface area contributed by atoms with Crippen LogP contribution in [0.2, 0.25) is 0 Å². The molecule has 0 spiro atoms. The summed E-state index contributed by atoms with van der Waals surface area (Å²) in [4.78, 5) is 1.93. The molecule has 0 bridgehead atoms. The fraction of sp³-hybridized carbons (Fsp3) is 0.267. The zero-order valence-corrected chi connectivity index (χ0v) is 10.4. The Hall–Kier alpha value is -1.85. The standard InChI is InChI=1S/C15H16N2/c1-11-4-5-13-9-14(7-6-12(13)8-11)15(10-16)17(2)3/h4-9,15H,1-3H3. The third kappa shape index (κ3) is 2.30. The third-order valence-corrected chi connectivity index (χ3v) is 2.97. The maximum Gasteiger partial charge on any atom is 0.123 e. The summed E-state index contributed by atoms with van der Waals surface area (Å²) in [5, 5.41) is 11.6. The summed E-state index contributed by atoms with van der Waals surface area (Å²) in [6.45, 7) is 2.09. The number of nitriles is 1. The van der Waals surface area contributed by atoms with E-state index in [0.717, 1.165) is 5.56 Å². The van der Waals surface area contributed by atoms with Crippen molar-refractivity contribution >= 4 is 10.8 Å². The smallest absolute Gasteiger partial charge is 0.123 e. The SMILES string of the molecule is Cc1ccc2cc(C(C#N)N(C)C)ccc2c1. The molecule has 0 aliphatic carbocycles. The van der Waals surface area contributed by atoms with Crippen LogP contribution in [0.5, 0.6) is 0 Å². The molecule has 0 saturated carbocycles. The molecule has 0 fully saturated rings. The van der Waals surface area contributed by atoms with Crippen LogP contribution in [0, 0.1) is 18.3 Å². The highest BCUT2D eigenvalue weighted by molar-refractivity contribution is 5.84. The van der Waals surface area contributed by atoms with E-state index in [2.05, 4.69) is 43.3 Å². The van der Waals surface area contributed by atoms with Crippen LogP contribution in [0.15, 0.2) is 36.4 Å². The van der Waals surface area contributed by atoms with Gasteiger partial charge in [-0.15, -0.1) is 0 Å². The van der Waals surface area contributed by atoms with Crippen molar-refractivity contribution in [1.29, 1.82) is 5.26 Å². The molecule has 0 aliphatic rings. The first-order valence-corrected chi connectivity index (χ1v) is 5.68. The predicted molar refractivity (Wildman–Crippen MR) is 70.7 cm³/mol. The van der Waals surface area contributed by atoms with Gasteiger partial charge in [0.15, 0.2) is 0 Å². The Morgan fingerprint density at radius 2 is 1.71 bits per heavy atom. The van der Waals surface area contributed by atoms with Gasteiger partial charge in [-0.25, -0.2) is 0 Å². The minimum Gasteiger partial charge on any atom is -0.291 e. The van der Waals surface area contributed by atoms with Crippen LogP contribution in [0.25, 0.3) is 10.8 Å². The summed E-state index contributed by atoms with van der Waals surface area (Å²) in [6.07, 6.45) is 0. The zero-order chi connectivity index (χ0) is 12.4. The van der Waals surface area contributed by atoms with Crippen LogP contribution in [-0.2, 0) is 0 Å². The number of hydrogen-bond acceptors (Lipinski definition) is 2. The Labute approximate surface area is 102 Å². The van der Waals surface area contributed by atoms with Crippen LogP contribution in [0.3, 0.4) is 0 Å². The topological polar surface area (TPSA) is 27.0 Å². The lowest BCUT2D eigenvalue weighted by molar-refractivity contribution is 0.358. The minimum atomic E-state index is -0.180. The van der Waals surface area contributed by atoms with Gasteiger partial charge in [0.05, 0.1) is 6.07 Å². The fourth-order valence-electron chi connectivity index (χ4n) is 2.04. The van der Waals surface area contributed by atoms with Crippen molar-refractivity contribution in [2.45, 2.75) is 13.0 Å². The van der Waals surface area contributed by atoms with Gasteiger partial charge in [-0.1, -0.05) is 35.9 Å². The maximum atomic E-state index is 9.17. The summed E-state index contributed by atoms with van der Waals surface area (Å²) >= 11 is 0. The van der Waals surface area contributed by atoms with Gasteiger partial charge >= 0.3 is 0 Å². The lowest BCUT2D eigenvalue weighted by Gasteiger charge is -2.17. The Bertz CT molecular complexity index is 579. The first kappa shape index (κ1) is 11.6. The Kier molecular flexibility index (Phi) is 3.12. The summed E-state index contributed by atoms with van der Waals surface area (Å²) in [5.74, 6) is 0. The Morgan fingerprint density at radius 1 is 1.06 bits per heavy atom. The highest BCUT2D eigenvalue weighted by Crippen LogP contribution is 2.23. The highest BCUT2D eigenvalue weighted by Gasteiger charge is 2.12. The molecule has 0 N–H and O–H groups in total. The number of rotatable bonds is 2. The summed E-state index contributed by atoms with van der Waals surface area (Å²) in [7, 11) is 3.85. The van der Waals surface area contributed by atoms with Crippen molar-refractivity contribution in [2.75, 3.05) is 14.1 Å². The normalized spacial score (nSPS) is 12.6. The number of aryl methyl sites for hydroxylation is 1. The molecule has 2 aromatic carbocycles. The lowest BCUT2D eigenvalue weighted by Crippen LogP contribution is -2.18. The number of benzene rings is 2. The van der Waals surface area contributed by atoms with E-state index < -0.39 is 0 Å². The molecule has 2 aromatic rings. The van der Waals surface area contributed by atoms with Gasteiger partial charge < -0.3 is 0 Å². The third-order valence-electron chi connectivity index (χ3n) is 2.97.